The Morgan fingerprint density at radius 2 is 1.94 bits per heavy atom. The zero-order valence-corrected chi connectivity index (χ0v) is 18.8. The molecule has 3 atom stereocenters. The molecule has 0 bridgehead atoms. The Kier molecular flexibility index (Phi) is 6.91. The Hall–Kier alpha value is -2.00. The van der Waals surface area contributed by atoms with Crippen molar-refractivity contribution in [1.82, 2.24) is 0 Å². The van der Waals surface area contributed by atoms with Crippen LogP contribution in [-0.4, -0.2) is 48.4 Å². The van der Waals surface area contributed by atoms with Crippen LogP contribution in [-0.2, 0) is 19.0 Å². The average Bonchev–Trinajstić information content (AvgIpc) is 3.28. The number of hydrogen-bond acceptors (Lipinski definition) is 7. The summed E-state index contributed by atoms with van der Waals surface area (Å²) in [6, 6.07) is 10.6. The lowest BCUT2D eigenvalue weighted by atomic mass is 10.0. The molecule has 0 aromatic heterocycles. The fourth-order valence-corrected chi connectivity index (χ4v) is 4.37. The summed E-state index contributed by atoms with van der Waals surface area (Å²) in [5.41, 5.74) is 5.60. The van der Waals surface area contributed by atoms with Crippen molar-refractivity contribution in [2.45, 2.75) is 50.0 Å². The van der Waals surface area contributed by atoms with E-state index in [1.807, 2.05) is 6.07 Å². The molecule has 8 heteroatoms. The first-order valence-corrected chi connectivity index (χ1v) is 11.7. The summed E-state index contributed by atoms with van der Waals surface area (Å²) >= 11 is 3.38. The van der Waals surface area contributed by atoms with E-state index in [0.717, 1.165) is 35.4 Å². The van der Waals surface area contributed by atoms with Crippen LogP contribution in [0, 0.1) is 0 Å². The van der Waals surface area contributed by atoms with Gasteiger partial charge in [0.1, 0.15) is 11.9 Å². The summed E-state index contributed by atoms with van der Waals surface area (Å²) in [4.78, 5) is 24.7. The van der Waals surface area contributed by atoms with E-state index >= 15 is 0 Å². The van der Waals surface area contributed by atoms with E-state index in [9.17, 15) is 9.59 Å². The predicted octanol–water partition coefficient (Wildman–Crippen LogP) is 3.70. The van der Waals surface area contributed by atoms with Gasteiger partial charge in [-0.3, -0.25) is 10.5 Å². The number of benzene rings is 2. The van der Waals surface area contributed by atoms with Crippen LogP contribution in [0.5, 0.6) is 5.75 Å². The Labute approximate surface area is 189 Å². The predicted molar refractivity (Wildman–Crippen MR) is 118 cm³/mol. The smallest absolute Gasteiger partial charge is 0.338 e. The van der Waals surface area contributed by atoms with Crippen molar-refractivity contribution in [3.05, 3.63) is 42.0 Å². The number of rotatable bonds is 8. The van der Waals surface area contributed by atoms with Crippen LogP contribution >= 0.6 is 15.9 Å². The number of ether oxygens (including phenoxy) is 4. The number of nitrogens with two attached hydrogens (primary N) is 1. The second-order valence-electron chi connectivity index (χ2n) is 7.90. The fourth-order valence-electron chi connectivity index (χ4n) is 3.97. The summed E-state index contributed by atoms with van der Waals surface area (Å²) in [6.45, 7) is 0.722. The maximum atomic E-state index is 12.7. The number of carbonyl (C=O) groups is 2. The van der Waals surface area contributed by atoms with Crippen molar-refractivity contribution in [2.75, 3.05) is 18.5 Å². The van der Waals surface area contributed by atoms with Crippen molar-refractivity contribution >= 4 is 38.6 Å². The molecule has 0 amide bonds. The minimum Gasteiger partial charge on any atom is -0.452 e. The summed E-state index contributed by atoms with van der Waals surface area (Å²) in [5.74, 6) is -0.225. The van der Waals surface area contributed by atoms with Crippen LogP contribution in [0.4, 0.5) is 0 Å². The maximum absolute atomic E-state index is 12.7. The van der Waals surface area contributed by atoms with Crippen LogP contribution in [0.15, 0.2) is 36.4 Å². The first kappa shape index (κ1) is 22.2. The van der Waals surface area contributed by atoms with Crippen molar-refractivity contribution in [3.63, 3.8) is 0 Å². The molecule has 2 aromatic rings. The number of fused-ring (bicyclic) bond motifs is 2. The van der Waals surface area contributed by atoms with E-state index in [2.05, 4.69) is 15.9 Å². The number of esters is 2. The molecule has 2 fully saturated rings. The highest BCUT2D eigenvalue weighted by Crippen LogP contribution is 2.35. The molecule has 2 N–H and O–H groups in total. The van der Waals surface area contributed by atoms with Crippen LogP contribution in [0.2, 0.25) is 0 Å². The molecule has 7 nitrogen and oxygen atoms in total. The number of hydrogen-bond donors (Lipinski definition) is 1. The van der Waals surface area contributed by atoms with Crippen LogP contribution in [0.25, 0.3) is 10.8 Å². The Morgan fingerprint density at radius 3 is 2.77 bits per heavy atom. The molecule has 2 saturated heterocycles. The van der Waals surface area contributed by atoms with Gasteiger partial charge in [-0.25, -0.2) is 4.79 Å². The molecule has 166 valence electrons. The van der Waals surface area contributed by atoms with E-state index in [-0.39, 0.29) is 18.7 Å². The minimum atomic E-state index is -1.07. The van der Waals surface area contributed by atoms with Crippen molar-refractivity contribution in [2.24, 2.45) is 5.73 Å². The molecule has 31 heavy (non-hydrogen) atoms. The normalized spacial score (nSPS) is 24.8. The van der Waals surface area contributed by atoms with Gasteiger partial charge in [0.2, 0.25) is 0 Å². The third kappa shape index (κ3) is 4.92. The van der Waals surface area contributed by atoms with Crippen molar-refractivity contribution < 1.29 is 28.5 Å². The third-order valence-electron chi connectivity index (χ3n) is 5.73. The lowest BCUT2D eigenvalue weighted by Crippen LogP contribution is -2.55. The number of carbonyl (C=O) groups excluding carboxylic acids is 2. The van der Waals surface area contributed by atoms with E-state index < -0.39 is 17.8 Å². The van der Waals surface area contributed by atoms with Gasteiger partial charge in [-0.15, -0.1) is 0 Å². The third-order valence-corrected chi connectivity index (χ3v) is 6.29. The molecule has 4 rings (SSSR count). The van der Waals surface area contributed by atoms with Crippen LogP contribution in [0.1, 0.15) is 42.5 Å². The highest BCUT2D eigenvalue weighted by atomic mass is 79.9. The highest BCUT2D eigenvalue weighted by Gasteiger charge is 2.55. The molecular formula is C23H26BrNO6. The van der Waals surface area contributed by atoms with Gasteiger partial charge in [-0.1, -0.05) is 34.5 Å². The molecule has 0 radical (unpaired) electrons. The average molecular weight is 492 g/mol. The SMILES string of the molecule is N[C@]12OCC[C@H]1OCC2OC(=O)c1ccc2cc(OC(=O)CCCCCBr)ccc2c1. The van der Waals surface area contributed by atoms with E-state index in [1.54, 1.807) is 30.3 Å². The highest BCUT2D eigenvalue weighted by molar-refractivity contribution is 9.09. The van der Waals surface area contributed by atoms with Crippen molar-refractivity contribution in [1.29, 1.82) is 0 Å². The largest absolute Gasteiger partial charge is 0.452 e. The molecule has 2 aliphatic rings. The molecule has 0 aliphatic carbocycles. The van der Waals surface area contributed by atoms with Crippen molar-refractivity contribution in [3.8, 4) is 5.75 Å². The molecule has 1 unspecified atom stereocenters. The topological polar surface area (TPSA) is 97.1 Å². The molecule has 2 heterocycles. The fraction of sp³-hybridized carbons (Fsp3) is 0.478. The van der Waals surface area contributed by atoms with E-state index in [1.165, 1.54) is 0 Å². The first-order valence-electron chi connectivity index (χ1n) is 10.6. The van der Waals surface area contributed by atoms with Gasteiger partial charge in [-0.05, 0) is 47.9 Å². The van der Waals surface area contributed by atoms with Gasteiger partial charge < -0.3 is 18.9 Å². The van der Waals surface area contributed by atoms with Crippen LogP contribution in [0.3, 0.4) is 0 Å². The van der Waals surface area contributed by atoms with E-state index in [4.69, 9.17) is 24.7 Å². The quantitative estimate of drug-likeness (QED) is 0.260. The van der Waals surface area contributed by atoms with Crippen LogP contribution < -0.4 is 10.5 Å². The summed E-state index contributed by atoms with van der Waals surface area (Å²) in [6.07, 6.45) is 3.06. The van der Waals surface area contributed by atoms with Gasteiger partial charge in [0.25, 0.3) is 0 Å². The monoisotopic (exact) mass is 491 g/mol. The Morgan fingerprint density at radius 1 is 1.13 bits per heavy atom. The lowest BCUT2D eigenvalue weighted by Gasteiger charge is -2.27. The second-order valence-corrected chi connectivity index (χ2v) is 8.70. The molecule has 0 saturated carbocycles. The molecular weight excluding hydrogens is 466 g/mol. The summed E-state index contributed by atoms with van der Waals surface area (Å²) in [7, 11) is 0. The number of halogens is 1. The number of unbranched alkanes of at least 4 members (excludes halogenated alkanes) is 2. The van der Waals surface area contributed by atoms with E-state index in [0.29, 0.717) is 30.8 Å². The Balaban J connectivity index is 1.39. The number of alkyl halides is 1. The second kappa shape index (κ2) is 9.65. The lowest BCUT2D eigenvalue weighted by molar-refractivity contribution is -0.134. The van der Waals surface area contributed by atoms with Gasteiger partial charge in [-0.2, -0.15) is 0 Å². The summed E-state index contributed by atoms with van der Waals surface area (Å²) in [5, 5.41) is 2.64. The van der Waals surface area contributed by atoms with Gasteiger partial charge in [0, 0.05) is 18.2 Å². The molecule has 2 aliphatic heterocycles. The minimum absolute atomic E-state index is 0.228. The summed E-state index contributed by atoms with van der Waals surface area (Å²) < 4.78 is 22.3. The molecule has 0 spiro atoms. The Bertz CT molecular complexity index is 966. The van der Waals surface area contributed by atoms with Gasteiger partial charge >= 0.3 is 11.9 Å². The van der Waals surface area contributed by atoms with Gasteiger partial charge in [0.15, 0.2) is 11.8 Å². The zero-order chi connectivity index (χ0) is 21.8. The zero-order valence-electron chi connectivity index (χ0n) is 17.2. The van der Waals surface area contributed by atoms with Gasteiger partial charge in [0.05, 0.1) is 18.8 Å². The molecule has 2 aromatic carbocycles. The standard InChI is InChI=1S/C23H26BrNO6/c24-10-3-1-2-4-21(26)30-18-8-7-15-12-17(6-5-16(15)13-18)22(27)31-20-14-28-19-9-11-29-23(19,20)25/h5-8,12-13,19-20H,1-4,9-11,14,25H2/t19-,20?,23+/m1/s1. The first-order chi connectivity index (χ1) is 15.0. The maximum Gasteiger partial charge on any atom is 0.338 e.